The number of nitrogens with zero attached hydrogens (tertiary/aromatic N) is 3. The van der Waals surface area contributed by atoms with Crippen LogP contribution >= 0.6 is 0 Å². The summed E-state index contributed by atoms with van der Waals surface area (Å²) in [4.78, 5) is 25.0. The number of morpholine rings is 1. The molecule has 0 spiro atoms. The highest BCUT2D eigenvalue weighted by Gasteiger charge is 2.33. The number of amides is 1. The van der Waals surface area contributed by atoms with Crippen LogP contribution in [0.5, 0.6) is 0 Å². The molecule has 1 saturated heterocycles. The third-order valence-electron chi connectivity index (χ3n) is 3.34. The van der Waals surface area contributed by atoms with Crippen LogP contribution in [0.1, 0.15) is 38.1 Å². The van der Waals surface area contributed by atoms with E-state index in [9.17, 15) is 9.59 Å². The minimum Gasteiger partial charge on any atom is -0.479 e. The zero-order chi connectivity index (χ0) is 15.8. The first-order chi connectivity index (χ1) is 9.68. The largest absolute Gasteiger partial charge is 0.479 e. The Balaban J connectivity index is 2.15. The molecule has 1 aromatic rings. The monoisotopic (exact) mass is 295 g/mol. The number of rotatable bonds is 2. The SMILES string of the molecule is C[C@@H]1CN(C(=O)c2cnn(C(C)(C)C)c2)CC(C(=O)O)O1. The van der Waals surface area contributed by atoms with E-state index in [1.165, 1.54) is 11.1 Å². The van der Waals surface area contributed by atoms with E-state index in [4.69, 9.17) is 9.84 Å². The van der Waals surface area contributed by atoms with Crippen LogP contribution in [0.25, 0.3) is 0 Å². The number of aliphatic carboxylic acids is 1. The van der Waals surface area contributed by atoms with Crippen LogP contribution in [0.15, 0.2) is 12.4 Å². The van der Waals surface area contributed by atoms with E-state index in [1.807, 2.05) is 20.8 Å². The third kappa shape index (κ3) is 3.41. The van der Waals surface area contributed by atoms with Gasteiger partial charge in [0.05, 0.1) is 29.9 Å². The first-order valence-corrected chi connectivity index (χ1v) is 6.91. The molecule has 0 bridgehead atoms. The molecule has 2 rings (SSSR count). The van der Waals surface area contributed by atoms with Crippen molar-refractivity contribution in [2.75, 3.05) is 13.1 Å². The molecule has 0 radical (unpaired) electrons. The van der Waals surface area contributed by atoms with E-state index in [-0.39, 0.29) is 24.1 Å². The van der Waals surface area contributed by atoms with Crippen LogP contribution in [-0.2, 0) is 15.1 Å². The number of carbonyl (C=O) groups is 2. The highest BCUT2D eigenvalue weighted by molar-refractivity contribution is 5.94. The molecule has 1 aliphatic rings. The Labute approximate surface area is 123 Å². The summed E-state index contributed by atoms with van der Waals surface area (Å²) in [5.41, 5.74) is 0.253. The Bertz CT molecular complexity index is 547. The number of aromatic nitrogens is 2. The Kier molecular flexibility index (Phi) is 4.04. The maximum atomic E-state index is 12.5. The van der Waals surface area contributed by atoms with Crippen molar-refractivity contribution in [3.63, 3.8) is 0 Å². The molecule has 116 valence electrons. The van der Waals surface area contributed by atoms with Gasteiger partial charge in [-0.25, -0.2) is 4.79 Å². The first kappa shape index (κ1) is 15.5. The van der Waals surface area contributed by atoms with Gasteiger partial charge in [-0.3, -0.25) is 9.48 Å². The maximum absolute atomic E-state index is 12.5. The summed E-state index contributed by atoms with van der Waals surface area (Å²) in [6.07, 6.45) is 1.93. The van der Waals surface area contributed by atoms with Crippen molar-refractivity contribution in [1.29, 1.82) is 0 Å². The summed E-state index contributed by atoms with van der Waals surface area (Å²) >= 11 is 0. The van der Waals surface area contributed by atoms with Gasteiger partial charge in [0.25, 0.3) is 5.91 Å². The van der Waals surface area contributed by atoms with Crippen LogP contribution < -0.4 is 0 Å². The van der Waals surface area contributed by atoms with E-state index in [0.29, 0.717) is 12.1 Å². The molecule has 1 fully saturated rings. The minimum absolute atomic E-state index is 0.0548. The Morgan fingerprint density at radius 3 is 2.57 bits per heavy atom. The van der Waals surface area contributed by atoms with E-state index in [1.54, 1.807) is 17.8 Å². The summed E-state index contributed by atoms with van der Waals surface area (Å²) < 4.78 is 7.03. The van der Waals surface area contributed by atoms with Crippen LogP contribution in [-0.4, -0.2) is 57.0 Å². The van der Waals surface area contributed by atoms with Crippen LogP contribution in [0.2, 0.25) is 0 Å². The molecule has 0 aliphatic carbocycles. The molecule has 1 aliphatic heterocycles. The molecule has 0 aromatic carbocycles. The Morgan fingerprint density at radius 1 is 1.38 bits per heavy atom. The second kappa shape index (κ2) is 5.48. The summed E-state index contributed by atoms with van der Waals surface area (Å²) in [5.74, 6) is -1.27. The van der Waals surface area contributed by atoms with Gasteiger partial charge >= 0.3 is 5.97 Å². The molecule has 2 atom stereocenters. The molecule has 21 heavy (non-hydrogen) atoms. The highest BCUT2D eigenvalue weighted by atomic mass is 16.5. The Morgan fingerprint density at radius 2 is 2.05 bits per heavy atom. The fourth-order valence-corrected chi connectivity index (χ4v) is 2.24. The maximum Gasteiger partial charge on any atom is 0.334 e. The average molecular weight is 295 g/mol. The van der Waals surface area contributed by atoms with Crippen molar-refractivity contribution in [1.82, 2.24) is 14.7 Å². The van der Waals surface area contributed by atoms with Crippen molar-refractivity contribution in [3.05, 3.63) is 18.0 Å². The lowest BCUT2D eigenvalue weighted by Gasteiger charge is -2.34. The van der Waals surface area contributed by atoms with Gasteiger partial charge in [-0.2, -0.15) is 5.10 Å². The molecule has 1 amide bonds. The summed E-state index contributed by atoms with van der Waals surface area (Å²) in [6, 6.07) is 0. The number of hydrogen-bond acceptors (Lipinski definition) is 4. The van der Waals surface area contributed by atoms with E-state index in [0.717, 1.165) is 0 Å². The number of carboxylic acid groups (broad SMARTS) is 1. The standard InChI is InChI=1S/C14H21N3O4/c1-9-6-16(8-11(21-9)13(19)20)12(18)10-5-15-17(7-10)14(2,3)4/h5,7,9,11H,6,8H2,1-4H3,(H,19,20)/t9-,11?/m1/s1. The lowest BCUT2D eigenvalue weighted by Crippen LogP contribution is -2.51. The highest BCUT2D eigenvalue weighted by Crippen LogP contribution is 2.17. The van der Waals surface area contributed by atoms with E-state index >= 15 is 0 Å². The zero-order valence-corrected chi connectivity index (χ0v) is 12.7. The molecular formula is C14H21N3O4. The fraction of sp³-hybridized carbons (Fsp3) is 0.643. The molecule has 1 aromatic heterocycles. The van der Waals surface area contributed by atoms with Crippen molar-refractivity contribution in [2.24, 2.45) is 0 Å². The Hall–Kier alpha value is -1.89. The number of carbonyl (C=O) groups excluding carboxylic acids is 1. The second-order valence-electron chi connectivity index (χ2n) is 6.33. The molecule has 2 heterocycles. The lowest BCUT2D eigenvalue weighted by atomic mass is 10.1. The average Bonchev–Trinajstić information content (AvgIpc) is 2.86. The number of ether oxygens (including phenoxy) is 1. The van der Waals surface area contributed by atoms with Crippen LogP contribution in [0.4, 0.5) is 0 Å². The number of carboxylic acids is 1. The predicted molar refractivity (Wildman–Crippen MR) is 75.1 cm³/mol. The van der Waals surface area contributed by atoms with Crippen molar-refractivity contribution in [2.45, 2.75) is 45.4 Å². The first-order valence-electron chi connectivity index (χ1n) is 6.91. The molecule has 7 nitrogen and oxygen atoms in total. The van der Waals surface area contributed by atoms with Crippen molar-refractivity contribution < 1.29 is 19.4 Å². The van der Waals surface area contributed by atoms with E-state index < -0.39 is 12.1 Å². The summed E-state index contributed by atoms with van der Waals surface area (Å²) in [6.45, 7) is 8.17. The quantitative estimate of drug-likeness (QED) is 0.878. The van der Waals surface area contributed by atoms with Crippen molar-refractivity contribution >= 4 is 11.9 Å². The molecule has 0 saturated carbocycles. The van der Waals surface area contributed by atoms with E-state index in [2.05, 4.69) is 5.10 Å². The normalized spacial score (nSPS) is 23.1. The molecular weight excluding hydrogens is 274 g/mol. The minimum atomic E-state index is -1.05. The zero-order valence-electron chi connectivity index (χ0n) is 12.7. The van der Waals surface area contributed by atoms with Gasteiger partial charge in [-0.1, -0.05) is 0 Å². The summed E-state index contributed by atoms with van der Waals surface area (Å²) in [7, 11) is 0. The predicted octanol–water partition coefficient (Wildman–Crippen LogP) is 0.952. The van der Waals surface area contributed by atoms with Crippen LogP contribution in [0, 0.1) is 0 Å². The van der Waals surface area contributed by atoms with Crippen LogP contribution in [0.3, 0.4) is 0 Å². The molecule has 7 heteroatoms. The molecule has 1 unspecified atom stereocenters. The van der Waals surface area contributed by atoms with Gasteiger partial charge in [-0.05, 0) is 27.7 Å². The third-order valence-corrected chi connectivity index (χ3v) is 3.34. The summed E-state index contributed by atoms with van der Waals surface area (Å²) in [5, 5.41) is 13.3. The van der Waals surface area contributed by atoms with Gasteiger partial charge in [0, 0.05) is 12.7 Å². The fourth-order valence-electron chi connectivity index (χ4n) is 2.24. The molecule has 1 N–H and O–H groups in total. The topological polar surface area (TPSA) is 84.7 Å². The van der Waals surface area contributed by atoms with Gasteiger partial charge in [-0.15, -0.1) is 0 Å². The van der Waals surface area contributed by atoms with Gasteiger partial charge in [0.1, 0.15) is 0 Å². The van der Waals surface area contributed by atoms with Gasteiger partial charge in [0.15, 0.2) is 6.10 Å². The lowest BCUT2D eigenvalue weighted by molar-refractivity contribution is -0.160. The van der Waals surface area contributed by atoms with Gasteiger partial charge < -0.3 is 14.7 Å². The smallest absolute Gasteiger partial charge is 0.334 e. The second-order valence-corrected chi connectivity index (χ2v) is 6.33. The number of hydrogen-bond donors (Lipinski definition) is 1. The van der Waals surface area contributed by atoms with Crippen molar-refractivity contribution in [3.8, 4) is 0 Å². The van der Waals surface area contributed by atoms with Gasteiger partial charge in [0.2, 0.25) is 0 Å².